The second-order valence-corrected chi connectivity index (χ2v) is 5.10. The van der Waals surface area contributed by atoms with Gasteiger partial charge < -0.3 is 15.4 Å². The summed E-state index contributed by atoms with van der Waals surface area (Å²) in [6, 6.07) is 0.208. The average Bonchev–Trinajstić information content (AvgIpc) is 2.90. The predicted octanol–water partition coefficient (Wildman–Crippen LogP) is 1.06. The van der Waals surface area contributed by atoms with Gasteiger partial charge in [-0.3, -0.25) is 4.79 Å². The summed E-state index contributed by atoms with van der Waals surface area (Å²) in [5, 5.41) is 6.47. The van der Waals surface area contributed by atoms with Gasteiger partial charge in [0.05, 0.1) is 12.1 Å². The van der Waals surface area contributed by atoms with Gasteiger partial charge in [0.2, 0.25) is 5.91 Å². The molecule has 0 bridgehead atoms. The molecule has 0 aromatic heterocycles. The molecule has 17 heavy (non-hydrogen) atoms. The molecule has 2 N–H and O–H groups in total. The van der Waals surface area contributed by atoms with Crippen LogP contribution in [0.25, 0.3) is 0 Å². The summed E-state index contributed by atoms with van der Waals surface area (Å²) < 4.78 is 5.67. The van der Waals surface area contributed by atoms with Crippen LogP contribution in [0.15, 0.2) is 0 Å². The topological polar surface area (TPSA) is 50.4 Å². The molecule has 2 saturated heterocycles. The molecule has 2 aliphatic rings. The standard InChI is InChI=1S/C13H24N2O2/c1-2-11(12-4-3-9-17-12)15-13(16)10-5-7-14-8-6-10/h10-12,14H,2-9H2,1H3,(H,15,16). The molecule has 0 aromatic carbocycles. The molecule has 0 radical (unpaired) electrons. The summed E-state index contributed by atoms with van der Waals surface area (Å²) in [5.74, 6) is 0.431. The highest BCUT2D eigenvalue weighted by molar-refractivity contribution is 5.79. The van der Waals surface area contributed by atoms with Crippen molar-refractivity contribution in [3.8, 4) is 0 Å². The number of amides is 1. The molecular weight excluding hydrogens is 216 g/mol. The summed E-state index contributed by atoms with van der Waals surface area (Å²) in [6.07, 6.45) is 5.35. The summed E-state index contributed by atoms with van der Waals surface area (Å²) >= 11 is 0. The zero-order chi connectivity index (χ0) is 12.1. The molecule has 1 amide bonds. The van der Waals surface area contributed by atoms with Crippen LogP contribution < -0.4 is 10.6 Å². The minimum Gasteiger partial charge on any atom is -0.376 e. The Hall–Kier alpha value is -0.610. The molecule has 2 aliphatic heterocycles. The highest BCUT2D eigenvalue weighted by Crippen LogP contribution is 2.19. The normalized spacial score (nSPS) is 27.9. The number of carbonyl (C=O) groups excluding carboxylic acids is 1. The van der Waals surface area contributed by atoms with E-state index < -0.39 is 0 Å². The molecule has 2 atom stereocenters. The first-order chi connectivity index (χ1) is 8.31. The predicted molar refractivity (Wildman–Crippen MR) is 66.8 cm³/mol. The van der Waals surface area contributed by atoms with Gasteiger partial charge in [0.25, 0.3) is 0 Å². The van der Waals surface area contributed by atoms with Crippen molar-refractivity contribution in [2.75, 3.05) is 19.7 Å². The van der Waals surface area contributed by atoms with E-state index >= 15 is 0 Å². The Balaban J connectivity index is 1.82. The van der Waals surface area contributed by atoms with Crippen molar-refractivity contribution < 1.29 is 9.53 Å². The first-order valence-corrected chi connectivity index (χ1v) is 6.94. The summed E-state index contributed by atoms with van der Waals surface area (Å²) in [7, 11) is 0. The highest BCUT2D eigenvalue weighted by atomic mass is 16.5. The van der Waals surface area contributed by atoms with Crippen LogP contribution in [0.2, 0.25) is 0 Å². The molecule has 0 aromatic rings. The number of ether oxygens (including phenoxy) is 1. The fraction of sp³-hybridized carbons (Fsp3) is 0.923. The maximum atomic E-state index is 12.1. The van der Waals surface area contributed by atoms with Gasteiger partial charge in [0, 0.05) is 12.5 Å². The quantitative estimate of drug-likeness (QED) is 0.772. The number of hydrogen-bond donors (Lipinski definition) is 2. The summed E-state index contributed by atoms with van der Waals surface area (Å²) in [4.78, 5) is 12.1. The molecule has 4 heteroatoms. The third-order valence-corrected chi connectivity index (χ3v) is 3.89. The second kappa shape index (κ2) is 6.36. The van der Waals surface area contributed by atoms with E-state index in [-0.39, 0.29) is 24.0 Å². The minimum atomic E-state index is 0.201. The molecule has 2 unspecified atom stereocenters. The highest BCUT2D eigenvalue weighted by Gasteiger charge is 2.28. The molecule has 4 nitrogen and oxygen atoms in total. The van der Waals surface area contributed by atoms with Crippen molar-refractivity contribution >= 4 is 5.91 Å². The van der Waals surface area contributed by atoms with Crippen LogP contribution in [0.4, 0.5) is 0 Å². The average molecular weight is 240 g/mol. The number of hydrogen-bond acceptors (Lipinski definition) is 3. The smallest absolute Gasteiger partial charge is 0.223 e. The Morgan fingerprint density at radius 3 is 2.76 bits per heavy atom. The monoisotopic (exact) mass is 240 g/mol. The van der Waals surface area contributed by atoms with Crippen LogP contribution in [0.3, 0.4) is 0 Å². The van der Waals surface area contributed by atoms with Crippen LogP contribution in [-0.4, -0.2) is 37.7 Å². The fourth-order valence-electron chi connectivity index (χ4n) is 2.76. The Kier molecular flexibility index (Phi) is 4.80. The lowest BCUT2D eigenvalue weighted by Gasteiger charge is -2.27. The van der Waals surface area contributed by atoms with Crippen LogP contribution in [0.5, 0.6) is 0 Å². The number of rotatable bonds is 4. The van der Waals surface area contributed by atoms with Gasteiger partial charge in [-0.15, -0.1) is 0 Å². The van der Waals surface area contributed by atoms with E-state index in [0.29, 0.717) is 0 Å². The van der Waals surface area contributed by atoms with Crippen molar-refractivity contribution in [1.82, 2.24) is 10.6 Å². The molecular formula is C13H24N2O2. The zero-order valence-corrected chi connectivity index (χ0v) is 10.7. The van der Waals surface area contributed by atoms with Crippen LogP contribution in [0.1, 0.15) is 39.0 Å². The van der Waals surface area contributed by atoms with Gasteiger partial charge in [-0.25, -0.2) is 0 Å². The van der Waals surface area contributed by atoms with Crippen LogP contribution in [-0.2, 0) is 9.53 Å². The number of carbonyl (C=O) groups is 1. The molecule has 98 valence electrons. The number of nitrogens with one attached hydrogen (secondary N) is 2. The van der Waals surface area contributed by atoms with E-state index in [1.807, 2.05) is 0 Å². The lowest BCUT2D eigenvalue weighted by molar-refractivity contribution is -0.127. The van der Waals surface area contributed by atoms with E-state index in [4.69, 9.17) is 4.74 Å². The molecule has 0 saturated carbocycles. The van der Waals surface area contributed by atoms with Crippen LogP contribution in [0, 0.1) is 5.92 Å². The zero-order valence-electron chi connectivity index (χ0n) is 10.7. The Morgan fingerprint density at radius 2 is 2.18 bits per heavy atom. The van der Waals surface area contributed by atoms with Gasteiger partial charge in [-0.1, -0.05) is 6.92 Å². The van der Waals surface area contributed by atoms with Gasteiger partial charge in [-0.05, 0) is 45.2 Å². The lowest BCUT2D eigenvalue weighted by atomic mass is 9.96. The third-order valence-electron chi connectivity index (χ3n) is 3.89. The molecule has 2 rings (SSSR count). The Morgan fingerprint density at radius 1 is 1.41 bits per heavy atom. The third kappa shape index (κ3) is 3.42. The fourth-order valence-corrected chi connectivity index (χ4v) is 2.76. The van der Waals surface area contributed by atoms with Crippen molar-refractivity contribution in [1.29, 1.82) is 0 Å². The minimum absolute atomic E-state index is 0.201. The van der Waals surface area contributed by atoms with Gasteiger partial charge in [0.1, 0.15) is 0 Å². The summed E-state index contributed by atoms with van der Waals surface area (Å²) in [6.45, 7) is 4.91. The maximum Gasteiger partial charge on any atom is 0.223 e. The first kappa shape index (κ1) is 12.8. The van der Waals surface area contributed by atoms with Crippen molar-refractivity contribution in [2.24, 2.45) is 5.92 Å². The summed E-state index contributed by atoms with van der Waals surface area (Å²) in [5.41, 5.74) is 0. The van der Waals surface area contributed by atoms with Crippen molar-refractivity contribution in [2.45, 2.75) is 51.2 Å². The Bertz CT molecular complexity index is 246. The SMILES string of the molecule is CCC(NC(=O)C1CCNCC1)C1CCCO1. The van der Waals surface area contributed by atoms with Crippen molar-refractivity contribution in [3.05, 3.63) is 0 Å². The molecule has 0 aliphatic carbocycles. The molecule has 0 spiro atoms. The van der Waals surface area contributed by atoms with Gasteiger partial charge in [0.15, 0.2) is 0 Å². The van der Waals surface area contributed by atoms with Crippen LogP contribution >= 0.6 is 0 Å². The first-order valence-electron chi connectivity index (χ1n) is 6.94. The van der Waals surface area contributed by atoms with Gasteiger partial charge >= 0.3 is 0 Å². The Labute approximate surface area is 103 Å². The van der Waals surface area contributed by atoms with E-state index in [2.05, 4.69) is 17.6 Å². The van der Waals surface area contributed by atoms with Crippen molar-refractivity contribution in [3.63, 3.8) is 0 Å². The van der Waals surface area contributed by atoms with E-state index in [1.54, 1.807) is 0 Å². The molecule has 2 heterocycles. The lowest BCUT2D eigenvalue weighted by Crippen LogP contribution is -2.47. The second-order valence-electron chi connectivity index (χ2n) is 5.10. The van der Waals surface area contributed by atoms with E-state index in [0.717, 1.165) is 51.8 Å². The number of piperidine rings is 1. The maximum absolute atomic E-state index is 12.1. The largest absolute Gasteiger partial charge is 0.376 e. The van der Waals surface area contributed by atoms with Gasteiger partial charge in [-0.2, -0.15) is 0 Å². The van der Waals surface area contributed by atoms with E-state index in [9.17, 15) is 4.79 Å². The van der Waals surface area contributed by atoms with E-state index in [1.165, 1.54) is 0 Å². The molecule has 2 fully saturated rings.